The van der Waals surface area contributed by atoms with Gasteiger partial charge in [-0.05, 0) is 36.6 Å². The van der Waals surface area contributed by atoms with Crippen molar-refractivity contribution in [1.82, 2.24) is 19.9 Å². The van der Waals surface area contributed by atoms with Gasteiger partial charge >= 0.3 is 0 Å². The first-order valence-corrected chi connectivity index (χ1v) is 10.4. The number of anilines is 2. The van der Waals surface area contributed by atoms with Crippen LogP contribution in [0.15, 0.2) is 41.3 Å². The fourth-order valence-electron chi connectivity index (χ4n) is 4.06. The Hall–Kier alpha value is -3.72. The van der Waals surface area contributed by atoms with Gasteiger partial charge in [-0.25, -0.2) is 9.97 Å². The van der Waals surface area contributed by atoms with E-state index in [0.29, 0.717) is 23.5 Å². The van der Waals surface area contributed by atoms with E-state index in [1.54, 1.807) is 26.1 Å². The van der Waals surface area contributed by atoms with E-state index in [2.05, 4.69) is 20.6 Å². The zero-order chi connectivity index (χ0) is 23.0. The van der Waals surface area contributed by atoms with E-state index in [1.807, 2.05) is 24.3 Å². The van der Waals surface area contributed by atoms with Crippen molar-refractivity contribution < 1.29 is 9.90 Å². The molecule has 2 heterocycles. The van der Waals surface area contributed by atoms with Gasteiger partial charge < -0.3 is 21.5 Å². The van der Waals surface area contributed by atoms with E-state index < -0.39 is 17.7 Å². The molecule has 32 heavy (non-hydrogen) atoms. The Labute approximate surface area is 185 Å². The smallest absolute Gasteiger partial charge is 0.298 e. The summed E-state index contributed by atoms with van der Waals surface area (Å²) in [6.07, 6.45) is 1.41. The van der Waals surface area contributed by atoms with Crippen molar-refractivity contribution >= 4 is 17.5 Å². The molecule has 1 aliphatic carbocycles. The summed E-state index contributed by atoms with van der Waals surface area (Å²) < 4.78 is 1.45. The van der Waals surface area contributed by atoms with Gasteiger partial charge in [0, 0.05) is 37.5 Å². The van der Waals surface area contributed by atoms with Gasteiger partial charge in [-0.2, -0.15) is 0 Å². The van der Waals surface area contributed by atoms with Crippen molar-refractivity contribution in [2.45, 2.75) is 45.9 Å². The van der Waals surface area contributed by atoms with Crippen molar-refractivity contribution in [2.75, 3.05) is 11.1 Å². The molecule has 0 aliphatic heterocycles. The molecule has 1 aromatic carbocycles. The molecule has 9 nitrogen and oxygen atoms in total. The molecule has 2 atom stereocenters. The Morgan fingerprint density at radius 2 is 2.06 bits per heavy atom. The maximum atomic E-state index is 13.4. The average Bonchev–Trinajstić information content (AvgIpc) is 3.05. The van der Waals surface area contributed by atoms with Gasteiger partial charge in [0.05, 0.1) is 17.8 Å². The number of nitrogens with two attached hydrogens (primary N) is 1. The number of hydrogen-bond acceptors (Lipinski definition) is 7. The second kappa shape index (κ2) is 8.43. The Kier molecular flexibility index (Phi) is 5.67. The number of rotatable bonds is 5. The van der Waals surface area contributed by atoms with E-state index in [4.69, 9.17) is 5.73 Å². The molecule has 1 amide bonds. The molecular weight excluding hydrogens is 408 g/mol. The summed E-state index contributed by atoms with van der Waals surface area (Å²) in [5.41, 5.74) is 10.2. The van der Waals surface area contributed by atoms with Crippen molar-refractivity contribution in [1.29, 1.82) is 0 Å². The highest BCUT2D eigenvalue weighted by Gasteiger charge is 2.31. The monoisotopic (exact) mass is 434 g/mol. The second-order valence-corrected chi connectivity index (χ2v) is 8.03. The normalized spacial score (nSPS) is 17.1. The minimum atomic E-state index is -0.668. The van der Waals surface area contributed by atoms with Gasteiger partial charge in [0.1, 0.15) is 5.82 Å². The third-order valence-electron chi connectivity index (χ3n) is 5.73. The van der Waals surface area contributed by atoms with Gasteiger partial charge in [-0.3, -0.25) is 14.2 Å². The van der Waals surface area contributed by atoms with Crippen LogP contribution in [0.1, 0.15) is 41.0 Å². The van der Waals surface area contributed by atoms with Crippen molar-refractivity contribution in [2.24, 2.45) is 0 Å². The van der Waals surface area contributed by atoms with Crippen LogP contribution in [0.3, 0.4) is 0 Å². The Balaban J connectivity index is 1.75. The number of aliphatic hydroxyl groups is 1. The lowest BCUT2D eigenvalue weighted by atomic mass is 10.1. The quantitative estimate of drug-likeness (QED) is 0.478. The third-order valence-corrected chi connectivity index (χ3v) is 5.73. The summed E-state index contributed by atoms with van der Waals surface area (Å²) in [6.45, 7) is 5.26. The molecule has 9 heteroatoms. The van der Waals surface area contributed by atoms with Crippen LogP contribution < -0.4 is 21.9 Å². The van der Waals surface area contributed by atoms with Gasteiger partial charge in [-0.15, -0.1) is 0 Å². The van der Waals surface area contributed by atoms with Crippen LogP contribution in [0, 0.1) is 13.8 Å². The summed E-state index contributed by atoms with van der Waals surface area (Å²) in [7, 11) is 0. The fraction of sp³-hybridized carbons (Fsp3) is 0.304. The standard InChI is InChI=1S/C23H26N6O3/c1-12-10-26-22(28-20-17-7-5-4-6-15(17)9-19(20)31)23(32)29(12)18-8-16(11-25-14(3)30)13(2)27-21(18)24/h4-8,10,19-20,31H,9,11H2,1-3H3,(H2,24,27)(H,25,30)(H,26,28)/t19-,20+/m1/s1. The number of hydrogen-bond donors (Lipinski definition) is 4. The molecule has 0 fully saturated rings. The summed E-state index contributed by atoms with van der Waals surface area (Å²) in [4.78, 5) is 33.4. The van der Waals surface area contributed by atoms with Crippen LogP contribution >= 0.6 is 0 Å². The lowest BCUT2D eigenvalue weighted by molar-refractivity contribution is -0.119. The highest BCUT2D eigenvalue weighted by molar-refractivity contribution is 5.73. The van der Waals surface area contributed by atoms with Crippen molar-refractivity contribution in [3.63, 3.8) is 0 Å². The molecule has 5 N–H and O–H groups in total. The average molecular weight is 435 g/mol. The molecule has 0 saturated carbocycles. The zero-order valence-electron chi connectivity index (χ0n) is 18.2. The number of nitrogens with one attached hydrogen (secondary N) is 2. The Bertz CT molecular complexity index is 1250. The molecule has 4 rings (SSSR count). The van der Waals surface area contributed by atoms with Crippen LogP contribution in [-0.4, -0.2) is 31.7 Å². The number of fused-ring (bicyclic) bond motifs is 1. The van der Waals surface area contributed by atoms with E-state index in [1.165, 1.54) is 11.5 Å². The third kappa shape index (κ3) is 3.94. The van der Waals surface area contributed by atoms with Crippen molar-refractivity contribution in [3.05, 3.63) is 75.0 Å². The van der Waals surface area contributed by atoms with E-state index in [9.17, 15) is 14.7 Å². The summed E-state index contributed by atoms with van der Waals surface area (Å²) >= 11 is 0. The first-order chi connectivity index (χ1) is 15.3. The largest absolute Gasteiger partial charge is 0.390 e. The molecule has 0 radical (unpaired) electrons. The lowest BCUT2D eigenvalue weighted by Gasteiger charge is -2.20. The number of amides is 1. The molecule has 0 unspecified atom stereocenters. The summed E-state index contributed by atoms with van der Waals surface area (Å²) in [5, 5.41) is 16.4. The first-order valence-electron chi connectivity index (χ1n) is 10.4. The predicted octanol–water partition coefficient (Wildman–Crippen LogP) is 1.53. The number of aliphatic hydroxyl groups excluding tert-OH is 1. The highest BCUT2D eigenvalue weighted by Crippen LogP contribution is 2.33. The molecular formula is C23H26N6O3. The van der Waals surface area contributed by atoms with Gasteiger partial charge in [-0.1, -0.05) is 24.3 Å². The zero-order valence-corrected chi connectivity index (χ0v) is 18.2. The van der Waals surface area contributed by atoms with Crippen LogP contribution in [0.2, 0.25) is 0 Å². The molecule has 1 aliphatic rings. The van der Waals surface area contributed by atoms with Gasteiger partial charge in [0.2, 0.25) is 5.91 Å². The summed E-state index contributed by atoms with van der Waals surface area (Å²) in [6, 6.07) is 9.05. The van der Waals surface area contributed by atoms with Crippen LogP contribution in [0.4, 0.5) is 11.6 Å². The molecule has 3 aromatic rings. The lowest BCUT2D eigenvalue weighted by Crippen LogP contribution is -2.30. The minimum Gasteiger partial charge on any atom is -0.390 e. The van der Waals surface area contributed by atoms with Gasteiger partial charge in [0.25, 0.3) is 5.56 Å². The van der Waals surface area contributed by atoms with E-state index >= 15 is 0 Å². The molecule has 0 saturated heterocycles. The number of aryl methyl sites for hydroxylation is 2. The molecule has 0 spiro atoms. The van der Waals surface area contributed by atoms with Crippen LogP contribution in [-0.2, 0) is 17.8 Å². The molecule has 166 valence electrons. The number of carbonyl (C=O) groups is 1. The summed E-state index contributed by atoms with van der Waals surface area (Å²) in [5.74, 6) is 0.143. The van der Waals surface area contributed by atoms with Crippen molar-refractivity contribution in [3.8, 4) is 5.69 Å². The topological polar surface area (TPSA) is 135 Å². The first kappa shape index (κ1) is 21.5. The highest BCUT2D eigenvalue weighted by atomic mass is 16.3. The number of pyridine rings is 1. The van der Waals surface area contributed by atoms with Crippen LogP contribution in [0.25, 0.3) is 5.69 Å². The SMILES string of the molecule is CC(=O)NCc1cc(-n2c(C)cnc(N[C@H]3c4ccccc4C[C@H]3O)c2=O)c(N)nc1C. The maximum absolute atomic E-state index is 13.4. The van der Waals surface area contributed by atoms with Crippen LogP contribution in [0.5, 0.6) is 0 Å². The van der Waals surface area contributed by atoms with E-state index in [0.717, 1.165) is 16.7 Å². The number of nitrogens with zero attached hydrogens (tertiary/aromatic N) is 3. The molecule has 2 aromatic heterocycles. The number of benzene rings is 1. The minimum absolute atomic E-state index is 0.111. The predicted molar refractivity (Wildman–Crippen MR) is 122 cm³/mol. The fourth-order valence-corrected chi connectivity index (χ4v) is 4.06. The Morgan fingerprint density at radius 3 is 2.81 bits per heavy atom. The number of aromatic nitrogens is 3. The second-order valence-electron chi connectivity index (χ2n) is 8.03. The van der Waals surface area contributed by atoms with E-state index in [-0.39, 0.29) is 24.1 Å². The Morgan fingerprint density at radius 1 is 1.31 bits per heavy atom. The number of carbonyl (C=O) groups excluding carboxylic acids is 1. The van der Waals surface area contributed by atoms with Gasteiger partial charge in [0.15, 0.2) is 5.82 Å². The molecule has 0 bridgehead atoms. The maximum Gasteiger partial charge on any atom is 0.298 e. The number of nitrogen functional groups attached to an aromatic ring is 1.